The molecule has 6 nitrogen and oxygen atoms in total. The quantitative estimate of drug-likeness (QED) is 0.189. The molecule has 0 aromatic heterocycles. The summed E-state index contributed by atoms with van der Waals surface area (Å²) in [7, 11) is 0. The summed E-state index contributed by atoms with van der Waals surface area (Å²) in [6, 6.07) is 33.0. The van der Waals surface area contributed by atoms with Gasteiger partial charge in [-0.2, -0.15) is 0 Å². The Bertz CT molecular complexity index is 1610. The number of hydrogen-bond donors (Lipinski definition) is 2. The van der Waals surface area contributed by atoms with E-state index in [4.69, 9.17) is 5.73 Å². The van der Waals surface area contributed by atoms with Crippen LogP contribution < -0.4 is 16.0 Å². The van der Waals surface area contributed by atoms with Crippen LogP contribution in [0, 0.1) is 5.92 Å². The Morgan fingerprint density at radius 3 is 2.07 bits per heavy atom. The summed E-state index contributed by atoms with van der Waals surface area (Å²) >= 11 is 0. The molecule has 2 aliphatic rings. The zero-order valence-corrected chi connectivity index (χ0v) is 26.1. The highest BCUT2D eigenvalue weighted by atomic mass is 16.2. The Morgan fingerprint density at radius 1 is 0.711 bits per heavy atom. The zero-order valence-electron chi connectivity index (χ0n) is 26.1. The van der Waals surface area contributed by atoms with E-state index in [2.05, 4.69) is 64.8 Å². The van der Waals surface area contributed by atoms with Gasteiger partial charge in [-0.05, 0) is 77.3 Å². The van der Waals surface area contributed by atoms with Crippen LogP contribution in [0.3, 0.4) is 0 Å². The molecular formula is C39H44N4O2. The first-order chi connectivity index (χ1) is 22.1. The third-order valence-electron chi connectivity index (χ3n) is 8.90. The molecule has 3 N–H and O–H groups in total. The van der Waals surface area contributed by atoms with Crippen molar-refractivity contribution in [3.8, 4) is 11.1 Å². The van der Waals surface area contributed by atoms with Crippen molar-refractivity contribution in [1.29, 1.82) is 0 Å². The number of benzene rings is 4. The normalized spacial score (nSPS) is 14.9. The summed E-state index contributed by atoms with van der Waals surface area (Å²) in [5.41, 5.74) is 14.2. The fraction of sp³-hybridized carbons (Fsp3) is 0.333. The monoisotopic (exact) mass is 600 g/mol. The Balaban J connectivity index is 1.26. The van der Waals surface area contributed by atoms with Gasteiger partial charge in [-0.15, -0.1) is 0 Å². The lowest BCUT2D eigenvalue weighted by molar-refractivity contribution is -0.133. The molecule has 4 aromatic rings. The number of rotatable bonds is 11. The van der Waals surface area contributed by atoms with E-state index in [9.17, 15) is 9.59 Å². The maximum absolute atomic E-state index is 13.4. The number of anilines is 2. The molecule has 0 spiro atoms. The lowest BCUT2D eigenvalue weighted by Crippen LogP contribution is -2.31. The highest BCUT2D eigenvalue weighted by molar-refractivity contribution is 5.96. The number of nitrogens with two attached hydrogens (primary N) is 1. The number of carbonyl (C=O) groups is 2. The second kappa shape index (κ2) is 14.6. The predicted molar refractivity (Wildman–Crippen MR) is 183 cm³/mol. The Labute approximate surface area is 267 Å². The van der Waals surface area contributed by atoms with Crippen LogP contribution in [-0.2, 0) is 35.6 Å². The second-order valence-corrected chi connectivity index (χ2v) is 12.5. The van der Waals surface area contributed by atoms with Crippen molar-refractivity contribution in [3.05, 3.63) is 119 Å². The first-order valence-corrected chi connectivity index (χ1v) is 16.4. The zero-order chi connectivity index (χ0) is 31.0. The Kier molecular flexibility index (Phi) is 9.91. The van der Waals surface area contributed by atoms with Crippen LogP contribution in [0.1, 0.15) is 60.8 Å². The van der Waals surface area contributed by atoms with Crippen LogP contribution in [0.2, 0.25) is 0 Å². The minimum Gasteiger partial charge on any atom is -0.370 e. The lowest BCUT2D eigenvalue weighted by Gasteiger charge is -2.26. The van der Waals surface area contributed by atoms with Gasteiger partial charge in [0.2, 0.25) is 11.8 Å². The van der Waals surface area contributed by atoms with Gasteiger partial charge in [0.1, 0.15) is 0 Å². The Morgan fingerprint density at radius 2 is 1.36 bits per heavy atom. The average molecular weight is 601 g/mol. The van der Waals surface area contributed by atoms with E-state index in [0.717, 1.165) is 83.5 Å². The SMILES string of the molecule is NCc1cccc(CN(Cc2cccc(-c3ccc(N4CCCCCC4)c(NC(=O)Cc4ccccc4)c3)c2)C(=O)C2CC2)c1. The molecule has 0 atom stereocenters. The van der Waals surface area contributed by atoms with E-state index in [0.29, 0.717) is 26.1 Å². The molecule has 45 heavy (non-hydrogen) atoms. The first kappa shape index (κ1) is 30.6. The van der Waals surface area contributed by atoms with Crippen molar-refractivity contribution < 1.29 is 9.59 Å². The van der Waals surface area contributed by atoms with Gasteiger partial charge in [0.05, 0.1) is 17.8 Å². The van der Waals surface area contributed by atoms with Crippen LogP contribution in [0.4, 0.5) is 11.4 Å². The average Bonchev–Trinajstić information content (AvgIpc) is 3.93. The van der Waals surface area contributed by atoms with Crippen LogP contribution >= 0.6 is 0 Å². The third kappa shape index (κ3) is 8.20. The molecule has 0 radical (unpaired) electrons. The van der Waals surface area contributed by atoms with Crippen molar-refractivity contribution in [2.45, 2.75) is 64.6 Å². The van der Waals surface area contributed by atoms with Crippen LogP contribution in [0.25, 0.3) is 11.1 Å². The largest absolute Gasteiger partial charge is 0.370 e. The maximum atomic E-state index is 13.4. The summed E-state index contributed by atoms with van der Waals surface area (Å²) < 4.78 is 0. The van der Waals surface area contributed by atoms with E-state index in [1.54, 1.807) is 0 Å². The smallest absolute Gasteiger partial charge is 0.228 e. The van der Waals surface area contributed by atoms with Crippen LogP contribution in [0.5, 0.6) is 0 Å². The van der Waals surface area contributed by atoms with Gasteiger partial charge >= 0.3 is 0 Å². The second-order valence-electron chi connectivity index (χ2n) is 12.5. The van der Waals surface area contributed by atoms with Crippen molar-refractivity contribution >= 4 is 23.2 Å². The third-order valence-corrected chi connectivity index (χ3v) is 8.90. The van der Waals surface area contributed by atoms with Gasteiger partial charge in [-0.3, -0.25) is 9.59 Å². The van der Waals surface area contributed by atoms with E-state index in [-0.39, 0.29) is 17.7 Å². The van der Waals surface area contributed by atoms with Gasteiger partial charge in [-0.1, -0.05) is 91.7 Å². The predicted octanol–water partition coefficient (Wildman–Crippen LogP) is 7.31. The molecule has 0 bridgehead atoms. The van der Waals surface area contributed by atoms with E-state index in [1.807, 2.05) is 47.4 Å². The van der Waals surface area contributed by atoms with E-state index in [1.165, 1.54) is 12.8 Å². The van der Waals surface area contributed by atoms with Gasteiger partial charge in [0.25, 0.3) is 0 Å². The highest BCUT2D eigenvalue weighted by Gasteiger charge is 2.33. The molecule has 4 aromatic carbocycles. The fourth-order valence-electron chi connectivity index (χ4n) is 6.32. The fourth-order valence-corrected chi connectivity index (χ4v) is 6.32. The maximum Gasteiger partial charge on any atom is 0.228 e. The number of hydrogen-bond acceptors (Lipinski definition) is 4. The lowest BCUT2D eigenvalue weighted by atomic mass is 10.0. The number of nitrogens with zero attached hydrogens (tertiary/aromatic N) is 2. The first-order valence-electron chi connectivity index (χ1n) is 16.4. The molecule has 1 saturated heterocycles. The topological polar surface area (TPSA) is 78.7 Å². The molecule has 6 rings (SSSR count). The molecule has 6 heteroatoms. The number of carbonyl (C=O) groups excluding carboxylic acids is 2. The van der Waals surface area contributed by atoms with Crippen molar-refractivity contribution in [1.82, 2.24) is 4.90 Å². The standard InChI is InChI=1S/C39H44N4O2/c40-26-30-12-8-13-31(22-30)27-43(39(45)33-16-17-33)28-32-14-9-15-34(23-32)35-18-19-37(42-20-6-1-2-7-21-42)36(25-35)41-38(44)24-29-10-4-3-5-11-29/h3-5,8-15,18-19,22-23,25,33H,1-2,6-7,16-17,20-21,24,26-28,40H2,(H,41,44). The summed E-state index contributed by atoms with van der Waals surface area (Å²) in [6.45, 7) is 3.58. The van der Waals surface area contributed by atoms with Crippen molar-refractivity contribution in [2.75, 3.05) is 23.3 Å². The summed E-state index contributed by atoms with van der Waals surface area (Å²) in [5, 5.41) is 3.26. The van der Waals surface area contributed by atoms with Gasteiger partial charge in [0.15, 0.2) is 0 Å². The molecule has 232 valence electrons. The van der Waals surface area contributed by atoms with Crippen molar-refractivity contribution in [3.63, 3.8) is 0 Å². The summed E-state index contributed by atoms with van der Waals surface area (Å²) in [6.07, 6.45) is 7.09. The molecule has 1 aliphatic heterocycles. The highest BCUT2D eigenvalue weighted by Crippen LogP contribution is 2.35. The van der Waals surface area contributed by atoms with E-state index >= 15 is 0 Å². The molecule has 1 saturated carbocycles. The number of amides is 2. The van der Waals surface area contributed by atoms with Crippen LogP contribution in [0.15, 0.2) is 97.1 Å². The molecule has 2 fully saturated rings. The molecule has 2 amide bonds. The molecule has 1 aliphatic carbocycles. The van der Waals surface area contributed by atoms with Gasteiger partial charge in [0, 0.05) is 38.6 Å². The Hall–Kier alpha value is -4.42. The van der Waals surface area contributed by atoms with Gasteiger partial charge in [-0.25, -0.2) is 0 Å². The summed E-state index contributed by atoms with van der Waals surface area (Å²) in [4.78, 5) is 31.0. The molecular weight excluding hydrogens is 556 g/mol. The molecule has 0 unspecified atom stereocenters. The van der Waals surface area contributed by atoms with Crippen LogP contribution in [-0.4, -0.2) is 29.8 Å². The van der Waals surface area contributed by atoms with Crippen molar-refractivity contribution in [2.24, 2.45) is 11.7 Å². The minimum absolute atomic E-state index is 0.0175. The van der Waals surface area contributed by atoms with Gasteiger partial charge < -0.3 is 20.9 Å². The molecule has 1 heterocycles. The number of nitrogens with one attached hydrogen (secondary N) is 1. The van der Waals surface area contributed by atoms with E-state index < -0.39 is 0 Å². The summed E-state index contributed by atoms with van der Waals surface area (Å²) in [5.74, 6) is 0.347. The minimum atomic E-state index is -0.0175.